The molecule has 0 unspecified atom stereocenters. The third kappa shape index (κ3) is 4.61. The van der Waals surface area contributed by atoms with E-state index in [9.17, 15) is 23.1 Å². The van der Waals surface area contributed by atoms with Crippen LogP contribution in [0, 0.1) is 0 Å². The Balaban J connectivity index is 2.00. The predicted octanol–water partition coefficient (Wildman–Crippen LogP) is 1.95. The highest BCUT2D eigenvalue weighted by Crippen LogP contribution is 2.28. The zero-order valence-corrected chi connectivity index (χ0v) is 16.6. The number of nitrogens with one attached hydrogen (secondary N) is 3. The maximum absolute atomic E-state index is 12.4. The minimum atomic E-state index is -4.50. The second kappa shape index (κ2) is 8.17. The lowest BCUT2D eigenvalue weighted by Crippen LogP contribution is -2.67. The van der Waals surface area contributed by atoms with Crippen molar-refractivity contribution in [2.24, 2.45) is 0 Å². The number of aromatic amines is 1. The summed E-state index contributed by atoms with van der Waals surface area (Å²) in [5.41, 5.74) is 1.61. The fourth-order valence-electron chi connectivity index (χ4n) is 2.97. The summed E-state index contributed by atoms with van der Waals surface area (Å²) in [6.45, 7) is 4.32. The summed E-state index contributed by atoms with van der Waals surface area (Å²) in [7, 11) is 0. The highest BCUT2D eigenvalue weighted by Gasteiger charge is 2.28. The molecule has 8 nitrogen and oxygen atoms in total. The van der Waals surface area contributed by atoms with Crippen LogP contribution in [0.1, 0.15) is 49.2 Å². The Labute approximate surface area is 169 Å². The summed E-state index contributed by atoms with van der Waals surface area (Å²) in [5.74, 6) is -0.501. The number of fused-ring (bicyclic) bond motifs is 1. The monoisotopic (exact) mass is 423 g/mol. The minimum absolute atomic E-state index is 0.0493. The van der Waals surface area contributed by atoms with Crippen molar-refractivity contribution in [1.82, 2.24) is 25.3 Å². The molecule has 0 aliphatic rings. The largest absolute Gasteiger partial charge is 0.494 e. The van der Waals surface area contributed by atoms with Gasteiger partial charge in [0.05, 0.1) is 16.7 Å². The van der Waals surface area contributed by atoms with Gasteiger partial charge in [0.15, 0.2) is 0 Å². The Bertz CT molecular complexity index is 1100. The molecule has 2 aromatic heterocycles. The Morgan fingerprint density at radius 2 is 2.10 bits per heavy atom. The number of halogens is 3. The average Bonchev–Trinajstić information content (AvgIpc) is 3.27. The molecule has 160 valence electrons. The molecular weight excluding hydrogens is 401 g/mol. The third-order valence-electron chi connectivity index (χ3n) is 4.40. The highest BCUT2D eigenvalue weighted by atomic mass is 19.4. The Hall–Kier alpha value is -3.37. The topological polar surface area (TPSA) is 110 Å². The molecule has 3 rings (SSSR count). The molecule has 0 saturated heterocycles. The van der Waals surface area contributed by atoms with Gasteiger partial charge in [-0.25, -0.2) is 4.99 Å². The number of hydrogen-bond acceptors (Lipinski definition) is 4. The van der Waals surface area contributed by atoms with Gasteiger partial charge in [0, 0.05) is 22.9 Å². The fraction of sp³-hybridized carbons (Fsp3) is 0.368. The lowest BCUT2D eigenvalue weighted by Gasteiger charge is -2.08. The maximum atomic E-state index is 12.4. The molecule has 4 N–H and O–H groups in total. The summed E-state index contributed by atoms with van der Waals surface area (Å²) in [6, 6.07) is 4.43. The van der Waals surface area contributed by atoms with Gasteiger partial charge in [0.1, 0.15) is 18.5 Å². The fourth-order valence-corrected chi connectivity index (χ4v) is 2.97. The molecule has 0 aliphatic heterocycles. The second-order valence-electron chi connectivity index (χ2n) is 7.01. The summed E-state index contributed by atoms with van der Waals surface area (Å²) in [5, 5.41) is 21.3. The van der Waals surface area contributed by atoms with E-state index in [-0.39, 0.29) is 17.5 Å². The molecule has 0 aliphatic carbocycles. The molecule has 0 radical (unpaired) electrons. The van der Waals surface area contributed by atoms with Crippen molar-refractivity contribution in [2.45, 2.75) is 39.4 Å². The number of aromatic nitrogens is 4. The zero-order chi connectivity index (χ0) is 22.1. The zero-order valence-electron chi connectivity index (χ0n) is 16.6. The summed E-state index contributed by atoms with van der Waals surface area (Å²) >= 11 is 0. The first-order chi connectivity index (χ1) is 14.1. The molecule has 0 spiro atoms. The molecule has 0 bridgehead atoms. The highest BCUT2D eigenvalue weighted by molar-refractivity contribution is 6.12. The van der Waals surface area contributed by atoms with E-state index in [1.807, 2.05) is 26.1 Å². The van der Waals surface area contributed by atoms with Gasteiger partial charge in [0.2, 0.25) is 5.88 Å². The molecule has 2 heterocycles. The van der Waals surface area contributed by atoms with Crippen LogP contribution in [0.15, 0.2) is 24.4 Å². The van der Waals surface area contributed by atoms with Gasteiger partial charge in [-0.05, 0) is 32.0 Å². The number of aromatic hydroxyl groups is 1. The van der Waals surface area contributed by atoms with E-state index < -0.39 is 18.6 Å². The van der Waals surface area contributed by atoms with E-state index in [2.05, 4.69) is 20.2 Å². The number of hydrogen-bond donors (Lipinski definition) is 4. The molecule has 0 atom stereocenters. The minimum Gasteiger partial charge on any atom is -0.494 e. The quantitative estimate of drug-likeness (QED) is 0.454. The van der Waals surface area contributed by atoms with Gasteiger partial charge >= 0.3 is 12.0 Å². The molecular formula is C19H22F3N6O2+. The Morgan fingerprint density at radius 1 is 1.37 bits per heavy atom. The van der Waals surface area contributed by atoms with Crippen molar-refractivity contribution >= 4 is 28.3 Å². The van der Waals surface area contributed by atoms with E-state index in [1.165, 1.54) is 23.0 Å². The first kappa shape index (κ1) is 21.3. The van der Waals surface area contributed by atoms with Gasteiger partial charge < -0.3 is 15.4 Å². The van der Waals surface area contributed by atoms with Crippen LogP contribution < -0.4 is 10.3 Å². The van der Waals surface area contributed by atoms with E-state index in [4.69, 9.17) is 0 Å². The van der Waals surface area contributed by atoms with E-state index >= 15 is 0 Å². The van der Waals surface area contributed by atoms with Crippen LogP contribution >= 0.6 is 0 Å². The van der Waals surface area contributed by atoms with Crippen LogP contribution in [0.5, 0.6) is 5.88 Å². The number of carbonyl (C=O) groups is 1. The predicted molar refractivity (Wildman–Crippen MR) is 104 cm³/mol. The normalized spacial score (nSPS) is 12.7. The molecule has 11 heteroatoms. The summed E-state index contributed by atoms with van der Waals surface area (Å²) in [4.78, 5) is 19.6. The van der Waals surface area contributed by atoms with Crippen LogP contribution in [-0.4, -0.2) is 49.4 Å². The van der Waals surface area contributed by atoms with Crippen molar-refractivity contribution in [1.29, 1.82) is 0 Å². The number of rotatable bonds is 6. The Kier molecular flexibility index (Phi) is 5.81. The smallest absolute Gasteiger partial charge is 0.405 e. The van der Waals surface area contributed by atoms with Crippen LogP contribution in [0.4, 0.5) is 19.0 Å². The lowest BCUT2D eigenvalue weighted by molar-refractivity contribution is -0.360. The van der Waals surface area contributed by atoms with Crippen molar-refractivity contribution in [3.8, 4) is 5.88 Å². The summed E-state index contributed by atoms with van der Waals surface area (Å²) < 4.78 is 37.2. The van der Waals surface area contributed by atoms with Crippen molar-refractivity contribution in [3.05, 3.63) is 35.5 Å². The lowest BCUT2D eigenvalue weighted by atomic mass is 10.0. The van der Waals surface area contributed by atoms with Crippen LogP contribution in [-0.2, 0) is 0 Å². The molecule has 0 fully saturated rings. The van der Waals surface area contributed by atoms with Gasteiger partial charge in [0.25, 0.3) is 5.91 Å². The number of carbonyl (C=O) groups excluding carboxylic acids is 1. The van der Waals surface area contributed by atoms with E-state index in [0.29, 0.717) is 34.4 Å². The molecule has 1 aromatic carbocycles. The van der Waals surface area contributed by atoms with Gasteiger partial charge in [-0.1, -0.05) is 11.7 Å². The van der Waals surface area contributed by atoms with Gasteiger partial charge in [-0.2, -0.15) is 13.2 Å². The second-order valence-corrected chi connectivity index (χ2v) is 7.01. The van der Waals surface area contributed by atoms with Crippen LogP contribution in [0.2, 0.25) is 0 Å². The third-order valence-corrected chi connectivity index (χ3v) is 4.40. The molecule has 1 amide bonds. The number of amides is 1. The van der Waals surface area contributed by atoms with Crippen LogP contribution in [0.3, 0.4) is 0 Å². The number of H-pyrrole nitrogens is 1. The SMILES string of the molecule is CCC(=[NH+]c1cnn(C(C)C)n1)c1c(O)[nH]c2ccc(C(=O)NCC(F)(F)F)cc12. The molecule has 3 aromatic rings. The van der Waals surface area contributed by atoms with E-state index in [0.717, 1.165) is 0 Å². The first-order valence-electron chi connectivity index (χ1n) is 9.33. The molecule has 0 saturated carbocycles. The first-order valence-corrected chi connectivity index (χ1v) is 9.33. The van der Waals surface area contributed by atoms with Crippen molar-refractivity contribution in [3.63, 3.8) is 0 Å². The van der Waals surface area contributed by atoms with E-state index in [1.54, 1.807) is 6.20 Å². The number of nitrogens with zero attached hydrogens (tertiary/aromatic N) is 3. The van der Waals surface area contributed by atoms with Crippen molar-refractivity contribution in [2.75, 3.05) is 6.54 Å². The maximum Gasteiger partial charge on any atom is 0.405 e. The average molecular weight is 423 g/mol. The van der Waals surface area contributed by atoms with Gasteiger partial charge in [-0.3, -0.25) is 4.79 Å². The number of benzene rings is 1. The summed E-state index contributed by atoms with van der Waals surface area (Å²) in [6.07, 6.45) is -2.46. The standard InChI is InChI=1S/C19H21F3N6O2/c1-4-13(25-15-8-24-28(27-15)10(2)3)16-12-7-11(5-6-14(12)26-18(16)30)17(29)23-9-19(20,21)22/h5-8,10,26,30H,4,9H2,1-3H3,(H,23,29)/p+1. The number of alkyl halides is 3. The van der Waals surface area contributed by atoms with Gasteiger partial charge in [-0.15, -0.1) is 5.10 Å². The van der Waals surface area contributed by atoms with Crippen LogP contribution in [0.25, 0.3) is 10.9 Å². The molecule has 30 heavy (non-hydrogen) atoms. The van der Waals surface area contributed by atoms with Crippen molar-refractivity contribution < 1.29 is 28.1 Å². The Morgan fingerprint density at radius 3 is 2.70 bits per heavy atom.